The van der Waals surface area contributed by atoms with Gasteiger partial charge in [-0.1, -0.05) is 6.07 Å². The standard InChI is InChI=1S/C20H24N4O3S/c1-14-21-12-16-7-9-20(19(16)22-14)8-4-10-24(13-20)28(26,27)18-6-3-5-17(11-18)23-15(2)25/h3,5-6,11-12H,4,7-10,13H2,1-2H3,(H,23,25). The fraction of sp³-hybridized carbons (Fsp3) is 0.450. The van der Waals surface area contributed by atoms with Crippen LogP contribution in [0.3, 0.4) is 0 Å². The van der Waals surface area contributed by atoms with E-state index < -0.39 is 10.0 Å². The van der Waals surface area contributed by atoms with Crippen LogP contribution in [0.5, 0.6) is 0 Å². The molecule has 2 heterocycles. The second-order valence-corrected chi connectivity index (χ2v) is 9.66. The molecule has 148 valence electrons. The highest BCUT2D eigenvalue weighted by molar-refractivity contribution is 7.89. The first-order valence-corrected chi connectivity index (χ1v) is 10.9. The Labute approximate surface area is 165 Å². The maximum Gasteiger partial charge on any atom is 0.243 e. The Kier molecular flexibility index (Phi) is 4.71. The number of anilines is 1. The molecule has 0 saturated carbocycles. The van der Waals surface area contributed by atoms with Crippen molar-refractivity contribution in [3.05, 3.63) is 47.5 Å². The molecule has 1 spiro atoms. The van der Waals surface area contributed by atoms with Gasteiger partial charge in [0.05, 0.1) is 10.6 Å². The van der Waals surface area contributed by atoms with Crippen molar-refractivity contribution < 1.29 is 13.2 Å². The quantitative estimate of drug-likeness (QED) is 0.854. The molecular formula is C20H24N4O3S. The van der Waals surface area contributed by atoms with Crippen LogP contribution < -0.4 is 5.32 Å². The van der Waals surface area contributed by atoms with Gasteiger partial charge in [-0.25, -0.2) is 18.4 Å². The summed E-state index contributed by atoms with van der Waals surface area (Å²) in [4.78, 5) is 20.5. The third-order valence-electron chi connectivity index (χ3n) is 5.69. The molecule has 1 aromatic carbocycles. The molecule has 2 aromatic rings. The van der Waals surface area contributed by atoms with Crippen LogP contribution in [0.15, 0.2) is 35.4 Å². The minimum Gasteiger partial charge on any atom is -0.326 e. The Hall–Kier alpha value is -2.32. The van der Waals surface area contributed by atoms with Gasteiger partial charge in [0.25, 0.3) is 0 Å². The van der Waals surface area contributed by atoms with Gasteiger partial charge in [-0.15, -0.1) is 0 Å². The number of benzene rings is 1. The van der Waals surface area contributed by atoms with Crippen LogP contribution in [-0.4, -0.2) is 41.7 Å². The molecule has 1 fully saturated rings. The van der Waals surface area contributed by atoms with E-state index in [9.17, 15) is 13.2 Å². The highest BCUT2D eigenvalue weighted by atomic mass is 32.2. The van der Waals surface area contributed by atoms with Crippen LogP contribution in [0.2, 0.25) is 0 Å². The summed E-state index contributed by atoms with van der Waals surface area (Å²) in [5.41, 5.74) is 2.41. The number of nitrogens with one attached hydrogen (secondary N) is 1. The lowest BCUT2D eigenvalue weighted by molar-refractivity contribution is -0.114. The maximum atomic E-state index is 13.3. The third-order valence-corrected chi connectivity index (χ3v) is 7.54. The summed E-state index contributed by atoms with van der Waals surface area (Å²) in [7, 11) is -3.66. The Balaban J connectivity index is 1.66. The number of hydrogen-bond donors (Lipinski definition) is 1. The lowest BCUT2D eigenvalue weighted by Gasteiger charge is -2.39. The van der Waals surface area contributed by atoms with Crippen molar-refractivity contribution in [1.82, 2.24) is 14.3 Å². The summed E-state index contributed by atoms with van der Waals surface area (Å²) >= 11 is 0. The summed E-state index contributed by atoms with van der Waals surface area (Å²) < 4.78 is 28.2. The number of carbonyl (C=O) groups excluding carboxylic acids is 1. The zero-order valence-electron chi connectivity index (χ0n) is 16.1. The predicted octanol–water partition coefficient (Wildman–Crippen LogP) is 2.41. The van der Waals surface area contributed by atoms with Crippen molar-refractivity contribution in [3.63, 3.8) is 0 Å². The van der Waals surface area contributed by atoms with Crippen molar-refractivity contribution in [1.29, 1.82) is 0 Å². The Morgan fingerprint density at radius 1 is 1.29 bits per heavy atom. The first-order valence-electron chi connectivity index (χ1n) is 9.51. The van der Waals surface area contributed by atoms with E-state index in [-0.39, 0.29) is 16.2 Å². The molecule has 1 aliphatic carbocycles. The van der Waals surface area contributed by atoms with E-state index >= 15 is 0 Å². The molecule has 1 N–H and O–H groups in total. The van der Waals surface area contributed by atoms with Crippen LogP contribution in [0, 0.1) is 6.92 Å². The number of aryl methyl sites for hydroxylation is 2. The van der Waals surface area contributed by atoms with Gasteiger partial charge in [0, 0.05) is 37.3 Å². The van der Waals surface area contributed by atoms with Gasteiger partial charge in [-0.2, -0.15) is 4.31 Å². The highest BCUT2D eigenvalue weighted by Gasteiger charge is 2.46. The molecule has 7 nitrogen and oxygen atoms in total. The molecule has 8 heteroatoms. The van der Waals surface area contributed by atoms with Crippen LogP contribution in [0.25, 0.3) is 0 Å². The van der Waals surface area contributed by atoms with E-state index in [0.29, 0.717) is 18.8 Å². The minimum atomic E-state index is -3.66. The number of hydrogen-bond acceptors (Lipinski definition) is 5. The maximum absolute atomic E-state index is 13.3. The van der Waals surface area contributed by atoms with E-state index in [2.05, 4.69) is 15.3 Å². The normalized spacial score (nSPS) is 22.2. The lowest BCUT2D eigenvalue weighted by atomic mass is 9.78. The van der Waals surface area contributed by atoms with Crippen molar-refractivity contribution in [2.45, 2.75) is 49.8 Å². The molecule has 1 aromatic heterocycles. The number of amides is 1. The fourth-order valence-electron chi connectivity index (χ4n) is 4.41. The van der Waals surface area contributed by atoms with Gasteiger partial charge in [0.15, 0.2) is 0 Å². The lowest BCUT2D eigenvalue weighted by Crippen LogP contribution is -2.47. The van der Waals surface area contributed by atoms with Gasteiger partial charge >= 0.3 is 0 Å². The second-order valence-electron chi connectivity index (χ2n) is 7.72. The summed E-state index contributed by atoms with van der Waals surface area (Å²) in [5, 5.41) is 2.65. The average molecular weight is 401 g/mol. The number of carbonyl (C=O) groups is 1. The number of aromatic nitrogens is 2. The van der Waals surface area contributed by atoms with E-state index in [1.165, 1.54) is 13.0 Å². The highest BCUT2D eigenvalue weighted by Crippen LogP contribution is 2.44. The number of fused-ring (bicyclic) bond motifs is 2. The van der Waals surface area contributed by atoms with Crippen LogP contribution in [-0.2, 0) is 26.7 Å². The minimum absolute atomic E-state index is 0.202. The fourth-order valence-corrected chi connectivity index (χ4v) is 6.02. The summed E-state index contributed by atoms with van der Waals surface area (Å²) in [6.07, 6.45) is 5.41. The molecule has 2 aliphatic rings. The van der Waals surface area contributed by atoms with Crippen molar-refractivity contribution in [2.24, 2.45) is 0 Å². The van der Waals surface area contributed by atoms with Crippen LogP contribution in [0.1, 0.15) is 43.3 Å². The zero-order chi connectivity index (χ0) is 19.9. The molecule has 1 amide bonds. The Morgan fingerprint density at radius 3 is 2.89 bits per heavy atom. The number of nitrogens with zero attached hydrogens (tertiary/aromatic N) is 3. The Morgan fingerprint density at radius 2 is 2.11 bits per heavy atom. The van der Waals surface area contributed by atoms with Crippen LogP contribution in [0.4, 0.5) is 5.69 Å². The number of sulfonamides is 1. The SMILES string of the molecule is CC(=O)Nc1cccc(S(=O)(=O)N2CCCC3(CCc4cnc(C)nc43)C2)c1. The van der Waals surface area contributed by atoms with Crippen molar-refractivity contribution in [2.75, 3.05) is 18.4 Å². The van der Waals surface area contributed by atoms with Crippen LogP contribution >= 0.6 is 0 Å². The molecule has 1 unspecified atom stereocenters. The number of rotatable bonds is 3. The number of piperidine rings is 1. The molecule has 1 aliphatic heterocycles. The van der Waals surface area contributed by atoms with E-state index in [1.54, 1.807) is 22.5 Å². The first-order chi connectivity index (χ1) is 13.3. The summed E-state index contributed by atoms with van der Waals surface area (Å²) in [5.74, 6) is 0.493. The Bertz CT molecular complexity index is 1030. The van der Waals surface area contributed by atoms with Gasteiger partial charge in [-0.05, 0) is 56.4 Å². The smallest absolute Gasteiger partial charge is 0.243 e. The molecule has 4 rings (SSSR count). The van der Waals surface area contributed by atoms with Gasteiger partial charge in [0.1, 0.15) is 5.82 Å². The average Bonchev–Trinajstić information content (AvgIpc) is 2.99. The van der Waals surface area contributed by atoms with Gasteiger partial charge in [-0.3, -0.25) is 4.79 Å². The monoisotopic (exact) mass is 400 g/mol. The van der Waals surface area contributed by atoms with Crippen molar-refractivity contribution >= 4 is 21.6 Å². The summed E-state index contributed by atoms with van der Waals surface area (Å²) in [6.45, 7) is 4.20. The van der Waals surface area contributed by atoms with Crippen molar-refractivity contribution in [3.8, 4) is 0 Å². The largest absolute Gasteiger partial charge is 0.326 e. The molecule has 0 radical (unpaired) electrons. The zero-order valence-corrected chi connectivity index (χ0v) is 16.9. The molecule has 1 atom stereocenters. The topological polar surface area (TPSA) is 92.3 Å². The van der Waals surface area contributed by atoms with Gasteiger partial charge < -0.3 is 5.32 Å². The third kappa shape index (κ3) is 3.31. The predicted molar refractivity (Wildman–Crippen MR) is 106 cm³/mol. The first kappa shape index (κ1) is 19.0. The van der Waals surface area contributed by atoms with E-state index in [4.69, 9.17) is 0 Å². The summed E-state index contributed by atoms with van der Waals surface area (Å²) in [6, 6.07) is 6.44. The molecule has 1 saturated heterocycles. The second kappa shape index (κ2) is 6.93. The molecular weight excluding hydrogens is 376 g/mol. The van der Waals surface area contributed by atoms with E-state index in [1.807, 2.05) is 13.1 Å². The molecule has 28 heavy (non-hydrogen) atoms. The van der Waals surface area contributed by atoms with E-state index in [0.717, 1.165) is 42.8 Å². The van der Waals surface area contributed by atoms with Gasteiger partial charge in [0.2, 0.25) is 15.9 Å². The molecule has 0 bridgehead atoms.